The van der Waals surface area contributed by atoms with Crippen molar-refractivity contribution in [2.24, 2.45) is 5.92 Å². The summed E-state index contributed by atoms with van der Waals surface area (Å²) in [7, 11) is 0. The third-order valence-corrected chi connectivity index (χ3v) is 8.96. The molecule has 8 nitrogen and oxygen atoms in total. The number of thiazole rings is 1. The summed E-state index contributed by atoms with van der Waals surface area (Å²) in [5.74, 6) is -2.14. The van der Waals surface area contributed by atoms with Gasteiger partial charge >= 0.3 is 0 Å². The minimum atomic E-state index is -2.55. The third kappa shape index (κ3) is 5.56. The second-order valence-corrected chi connectivity index (χ2v) is 11.7. The lowest BCUT2D eigenvalue weighted by atomic mass is 9.78. The highest BCUT2D eigenvalue weighted by Gasteiger charge is 2.42. The van der Waals surface area contributed by atoms with Crippen molar-refractivity contribution in [3.8, 4) is 11.1 Å². The number of piperidine rings is 1. The van der Waals surface area contributed by atoms with E-state index < -0.39 is 12.0 Å². The van der Waals surface area contributed by atoms with Crippen LogP contribution in [0.15, 0.2) is 30.6 Å². The van der Waals surface area contributed by atoms with Crippen molar-refractivity contribution >= 4 is 32.6 Å². The van der Waals surface area contributed by atoms with Crippen molar-refractivity contribution in [2.45, 2.75) is 75.7 Å². The predicted molar refractivity (Wildman–Crippen MR) is 140 cm³/mol. The molecule has 3 fully saturated rings. The maximum absolute atomic E-state index is 13.4. The number of carbonyl (C=O) groups excluding carboxylic acids is 1. The number of aliphatic hydroxyl groups excluding tert-OH is 1. The van der Waals surface area contributed by atoms with Gasteiger partial charge < -0.3 is 15.2 Å². The molecule has 1 aromatic carbocycles. The van der Waals surface area contributed by atoms with Crippen molar-refractivity contribution in [1.82, 2.24) is 19.9 Å². The quantitative estimate of drug-likeness (QED) is 0.448. The standard InChI is InChI=1S/C27H31F2N5O3S/c28-27(29)6-8-34(9-7-27)19-10-17(11-19)25(36)33-26-32-20-5-4-16(12-23(20)38-26)18-13-30-24(31-14-18)15-37-22-3-1-2-21(22)35/h4-5,12-14,17,19,21-22,35H,1-3,6-11,15H2,(H,32,33,36)/t17?,19?,21-,22-/m0/s1. The first-order valence-electron chi connectivity index (χ1n) is 13.3. The number of hydrogen-bond acceptors (Lipinski definition) is 8. The van der Waals surface area contributed by atoms with Crippen LogP contribution in [0.25, 0.3) is 21.3 Å². The number of anilines is 1. The number of nitrogens with one attached hydrogen (secondary N) is 1. The Labute approximate surface area is 223 Å². The fourth-order valence-electron chi connectivity index (χ4n) is 5.54. The summed E-state index contributed by atoms with van der Waals surface area (Å²) in [5.41, 5.74) is 2.62. The highest BCUT2D eigenvalue weighted by Crippen LogP contribution is 2.38. The van der Waals surface area contributed by atoms with Gasteiger partial charge in [-0.3, -0.25) is 9.69 Å². The minimum absolute atomic E-state index is 0.0563. The molecule has 38 heavy (non-hydrogen) atoms. The van der Waals surface area contributed by atoms with E-state index >= 15 is 0 Å². The average molecular weight is 544 g/mol. The molecule has 0 bridgehead atoms. The molecule has 6 rings (SSSR count). The molecule has 2 aliphatic carbocycles. The maximum Gasteiger partial charge on any atom is 0.250 e. The molecular formula is C27H31F2N5O3S. The summed E-state index contributed by atoms with van der Waals surface area (Å²) in [5, 5.41) is 13.4. The Kier molecular flexibility index (Phi) is 7.10. The Balaban J connectivity index is 1.03. The summed E-state index contributed by atoms with van der Waals surface area (Å²) in [6.07, 6.45) is 6.81. The van der Waals surface area contributed by atoms with Crippen molar-refractivity contribution in [2.75, 3.05) is 18.4 Å². The van der Waals surface area contributed by atoms with Crippen LogP contribution in [0.5, 0.6) is 0 Å². The lowest BCUT2D eigenvalue weighted by Gasteiger charge is -2.44. The van der Waals surface area contributed by atoms with E-state index in [1.807, 2.05) is 18.2 Å². The Hall–Kier alpha value is -2.60. The monoisotopic (exact) mass is 543 g/mol. The van der Waals surface area contributed by atoms with E-state index in [1.54, 1.807) is 12.4 Å². The summed E-state index contributed by atoms with van der Waals surface area (Å²) < 4.78 is 33.5. The molecule has 11 heteroatoms. The average Bonchev–Trinajstić information content (AvgIpc) is 3.47. The Morgan fingerprint density at radius 2 is 1.92 bits per heavy atom. The Bertz CT molecular complexity index is 1290. The van der Waals surface area contributed by atoms with E-state index in [0.29, 0.717) is 36.9 Å². The molecule has 3 aromatic rings. The van der Waals surface area contributed by atoms with Gasteiger partial charge in [-0.05, 0) is 49.8 Å². The van der Waals surface area contributed by atoms with Crippen LogP contribution >= 0.6 is 11.3 Å². The highest BCUT2D eigenvalue weighted by molar-refractivity contribution is 7.22. The van der Waals surface area contributed by atoms with Crippen LogP contribution in [-0.4, -0.2) is 68.1 Å². The van der Waals surface area contributed by atoms with Crippen molar-refractivity contribution in [1.29, 1.82) is 0 Å². The van der Waals surface area contributed by atoms with Crippen LogP contribution < -0.4 is 5.32 Å². The van der Waals surface area contributed by atoms with Gasteiger partial charge in [-0.1, -0.05) is 17.4 Å². The number of alkyl halides is 2. The summed E-state index contributed by atoms with van der Waals surface area (Å²) in [4.78, 5) is 28.3. The SMILES string of the molecule is O=C(Nc1nc2ccc(-c3cnc(CO[C@H]4CCC[C@@H]4O)nc3)cc2s1)C1CC(N2CCC(F)(F)CC2)C1. The fourth-order valence-corrected chi connectivity index (χ4v) is 6.45. The molecule has 2 aromatic heterocycles. The zero-order chi connectivity index (χ0) is 26.3. The van der Waals surface area contributed by atoms with Crippen LogP contribution in [0.3, 0.4) is 0 Å². The Morgan fingerprint density at radius 3 is 2.63 bits per heavy atom. The molecule has 202 valence electrons. The molecule has 1 aliphatic heterocycles. The second-order valence-electron chi connectivity index (χ2n) is 10.6. The molecular weight excluding hydrogens is 512 g/mol. The predicted octanol–water partition coefficient (Wildman–Crippen LogP) is 4.63. The van der Waals surface area contributed by atoms with Gasteiger partial charge in [0.05, 0.1) is 22.4 Å². The largest absolute Gasteiger partial charge is 0.390 e. The third-order valence-electron chi connectivity index (χ3n) is 8.03. The van der Waals surface area contributed by atoms with Crippen molar-refractivity contribution < 1.29 is 23.4 Å². The van der Waals surface area contributed by atoms with E-state index in [0.717, 1.165) is 40.6 Å². The smallest absolute Gasteiger partial charge is 0.250 e. The fraction of sp³-hybridized carbons (Fsp3) is 0.556. The normalized spacial score (nSPS) is 27.3. The number of halogens is 2. The number of carbonyl (C=O) groups is 1. The molecule has 2 saturated carbocycles. The van der Waals surface area contributed by atoms with Crippen molar-refractivity contribution in [3.05, 3.63) is 36.4 Å². The first-order valence-corrected chi connectivity index (χ1v) is 14.1. The van der Waals surface area contributed by atoms with Crippen molar-refractivity contribution in [3.63, 3.8) is 0 Å². The van der Waals surface area contributed by atoms with Gasteiger partial charge in [-0.2, -0.15) is 0 Å². The molecule has 0 spiro atoms. The van der Waals surface area contributed by atoms with E-state index in [1.165, 1.54) is 11.3 Å². The number of ether oxygens (including phenoxy) is 1. The number of rotatable bonds is 7. The second kappa shape index (κ2) is 10.5. The summed E-state index contributed by atoms with van der Waals surface area (Å²) in [6, 6.07) is 6.10. The number of fused-ring (bicyclic) bond motifs is 1. The molecule has 0 radical (unpaired) electrons. The molecule has 2 atom stereocenters. The first-order chi connectivity index (χ1) is 18.3. The molecule has 3 heterocycles. The molecule has 3 aliphatic rings. The number of likely N-dealkylation sites (tertiary alicyclic amines) is 1. The molecule has 1 amide bonds. The van der Waals surface area contributed by atoms with Gasteiger partial charge in [-0.25, -0.2) is 23.7 Å². The highest BCUT2D eigenvalue weighted by atomic mass is 32.1. The van der Waals surface area contributed by atoms with E-state index in [4.69, 9.17) is 4.74 Å². The molecule has 0 unspecified atom stereocenters. The van der Waals surface area contributed by atoms with Gasteiger partial charge in [0.2, 0.25) is 5.91 Å². The summed E-state index contributed by atoms with van der Waals surface area (Å²) >= 11 is 1.42. The van der Waals surface area contributed by atoms with Crippen LogP contribution in [0.2, 0.25) is 0 Å². The lowest BCUT2D eigenvalue weighted by Crippen LogP contribution is -2.52. The molecule has 2 N–H and O–H groups in total. The van der Waals surface area contributed by atoms with Gasteiger partial charge in [0.25, 0.3) is 5.92 Å². The number of amides is 1. The van der Waals surface area contributed by atoms with Crippen LogP contribution in [0, 0.1) is 5.92 Å². The van der Waals surface area contributed by atoms with Crippen LogP contribution in [0.1, 0.15) is 50.8 Å². The van der Waals surface area contributed by atoms with Crippen LogP contribution in [0.4, 0.5) is 13.9 Å². The zero-order valence-corrected chi connectivity index (χ0v) is 21.8. The number of nitrogens with zero attached hydrogens (tertiary/aromatic N) is 4. The minimum Gasteiger partial charge on any atom is -0.390 e. The number of benzene rings is 1. The van der Waals surface area contributed by atoms with Gasteiger partial charge in [0.1, 0.15) is 6.61 Å². The first kappa shape index (κ1) is 25.7. The van der Waals surface area contributed by atoms with Gasteiger partial charge in [-0.15, -0.1) is 0 Å². The van der Waals surface area contributed by atoms with Crippen LogP contribution in [-0.2, 0) is 16.1 Å². The topological polar surface area (TPSA) is 100 Å². The Morgan fingerprint density at radius 1 is 1.16 bits per heavy atom. The van der Waals surface area contributed by atoms with E-state index in [9.17, 15) is 18.7 Å². The van der Waals surface area contributed by atoms with E-state index in [-0.39, 0.29) is 43.4 Å². The van der Waals surface area contributed by atoms with Gasteiger partial charge in [0, 0.05) is 55.8 Å². The maximum atomic E-state index is 13.4. The lowest BCUT2D eigenvalue weighted by molar-refractivity contribution is -0.126. The number of aliphatic hydroxyl groups is 1. The number of hydrogen-bond donors (Lipinski definition) is 2. The summed E-state index contributed by atoms with van der Waals surface area (Å²) in [6.45, 7) is 1.07. The zero-order valence-electron chi connectivity index (χ0n) is 21.0. The van der Waals surface area contributed by atoms with E-state index in [2.05, 4.69) is 25.2 Å². The molecule has 1 saturated heterocycles. The number of aromatic nitrogens is 3. The van der Waals surface area contributed by atoms with Gasteiger partial charge in [0.15, 0.2) is 11.0 Å².